The Balaban J connectivity index is 2.04. The van der Waals surface area contributed by atoms with Crippen LogP contribution in [0.4, 0.5) is 13.2 Å². The molecule has 4 nitrogen and oxygen atoms in total. The topological polar surface area (TPSA) is 46.9 Å². The number of halogens is 4. The van der Waals surface area contributed by atoms with Gasteiger partial charge in [-0.05, 0) is 37.1 Å². The molecule has 0 saturated heterocycles. The van der Waals surface area contributed by atoms with Gasteiger partial charge in [-0.2, -0.15) is 18.3 Å². The summed E-state index contributed by atoms with van der Waals surface area (Å²) >= 11 is 5.73. The van der Waals surface area contributed by atoms with Crippen molar-refractivity contribution in [3.05, 3.63) is 46.7 Å². The van der Waals surface area contributed by atoms with Gasteiger partial charge in [-0.1, -0.05) is 11.6 Å². The molecule has 1 aliphatic rings. The molecule has 116 valence electrons. The van der Waals surface area contributed by atoms with E-state index in [2.05, 4.69) is 10.4 Å². The van der Waals surface area contributed by atoms with E-state index >= 15 is 0 Å². The molecule has 0 spiro atoms. The second-order valence-electron chi connectivity index (χ2n) is 5.04. The molecule has 0 unspecified atom stereocenters. The number of benzene rings is 1. The van der Waals surface area contributed by atoms with Crippen molar-refractivity contribution in [1.29, 1.82) is 0 Å². The Kier molecular flexibility index (Phi) is 3.60. The zero-order chi connectivity index (χ0) is 15.9. The third-order valence-corrected chi connectivity index (χ3v) is 3.52. The van der Waals surface area contributed by atoms with Crippen LogP contribution in [0.3, 0.4) is 0 Å². The Morgan fingerprint density at radius 1 is 1.27 bits per heavy atom. The van der Waals surface area contributed by atoms with Crippen molar-refractivity contribution in [2.75, 3.05) is 0 Å². The van der Waals surface area contributed by atoms with E-state index in [0.29, 0.717) is 9.70 Å². The first-order valence-corrected chi connectivity index (χ1v) is 6.96. The van der Waals surface area contributed by atoms with Crippen molar-refractivity contribution in [3.8, 4) is 5.69 Å². The van der Waals surface area contributed by atoms with Crippen molar-refractivity contribution < 1.29 is 18.0 Å². The molecule has 0 radical (unpaired) electrons. The van der Waals surface area contributed by atoms with Crippen LogP contribution < -0.4 is 5.32 Å². The van der Waals surface area contributed by atoms with E-state index in [1.54, 1.807) is 0 Å². The summed E-state index contributed by atoms with van der Waals surface area (Å²) in [7, 11) is 0. The highest BCUT2D eigenvalue weighted by Gasteiger charge is 2.41. The summed E-state index contributed by atoms with van der Waals surface area (Å²) in [6.07, 6.45) is -2.18. The first kappa shape index (κ1) is 14.9. The molecule has 3 rings (SSSR count). The third kappa shape index (κ3) is 2.94. The number of nitrogens with zero attached hydrogens (tertiary/aromatic N) is 2. The minimum absolute atomic E-state index is 0.0348. The summed E-state index contributed by atoms with van der Waals surface area (Å²) in [5.41, 5.74) is -1.38. The maximum atomic E-state index is 13.4. The van der Waals surface area contributed by atoms with Crippen LogP contribution in [0.15, 0.2) is 30.5 Å². The minimum atomic E-state index is -4.70. The van der Waals surface area contributed by atoms with E-state index in [4.69, 9.17) is 11.6 Å². The minimum Gasteiger partial charge on any atom is -0.349 e. The lowest BCUT2D eigenvalue weighted by Gasteiger charge is -2.12. The van der Waals surface area contributed by atoms with Gasteiger partial charge >= 0.3 is 6.18 Å². The van der Waals surface area contributed by atoms with Crippen molar-refractivity contribution in [2.24, 2.45) is 0 Å². The molecular formula is C14H11ClF3N3O. The number of nitrogens with one attached hydrogen (secondary N) is 1. The fraction of sp³-hybridized carbons (Fsp3) is 0.286. The third-order valence-electron chi connectivity index (χ3n) is 3.27. The Bertz CT molecular complexity index is 705. The van der Waals surface area contributed by atoms with Crippen LogP contribution in [0.1, 0.15) is 28.9 Å². The molecule has 0 bridgehead atoms. The van der Waals surface area contributed by atoms with Crippen LogP contribution in [0.25, 0.3) is 5.69 Å². The van der Waals surface area contributed by atoms with Gasteiger partial charge in [-0.15, -0.1) is 0 Å². The number of carbonyl (C=O) groups is 1. The van der Waals surface area contributed by atoms with Gasteiger partial charge in [0.1, 0.15) is 0 Å². The molecule has 1 amide bonds. The van der Waals surface area contributed by atoms with Gasteiger partial charge in [0.2, 0.25) is 0 Å². The van der Waals surface area contributed by atoms with Gasteiger partial charge in [0.25, 0.3) is 5.91 Å². The van der Waals surface area contributed by atoms with E-state index in [-0.39, 0.29) is 11.7 Å². The molecule has 22 heavy (non-hydrogen) atoms. The quantitative estimate of drug-likeness (QED) is 0.937. The lowest BCUT2D eigenvalue weighted by Crippen LogP contribution is -2.28. The molecular weight excluding hydrogens is 319 g/mol. The Morgan fingerprint density at radius 2 is 1.91 bits per heavy atom. The molecule has 1 N–H and O–H groups in total. The average molecular weight is 330 g/mol. The van der Waals surface area contributed by atoms with Gasteiger partial charge < -0.3 is 5.32 Å². The highest BCUT2D eigenvalue weighted by atomic mass is 35.5. The second-order valence-corrected chi connectivity index (χ2v) is 5.48. The van der Waals surface area contributed by atoms with E-state index in [1.807, 2.05) is 0 Å². The van der Waals surface area contributed by atoms with E-state index in [9.17, 15) is 18.0 Å². The fourth-order valence-electron chi connectivity index (χ4n) is 2.06. The molecule has 1 saturated carbocycles. The smallest absolute Gasteiger partial charge is 0.349 e. The van der Waals surface area contributed by atoms with Gasteiger partial charge in [-0.25, -0.2) is 4.68 Å². The number of rotatable bonds is 3. The Morgan fingerprint density at radius 3 is 2.45 bits per heavy atom. The first-order chi connectivity index (χ1) is 10.4. The van der Waals surface area contributed by atoms with Crippen LogP contribution >= 0.6 is 11.6 Å². The number of hydrogen-bond acceptors (Lipinski definition) is 2. The summed E-state index contributed by atoms with van der Waals surface area (Å²) in [4.78, 5) is 12.0. The normalized spacial score (nSPS) is 14.9. The molecule has 1 aromatic carbocycles. The lowest BCUT2D eigenvalue weighted by molar-refractivity contribution is -0.143. The standard InChI is InChI=1S/C14H11ClF3N3O/c15-8-1-5-10(6-2-8)21-12(14(16,17)18)11(7-19-21)13(22)20-9-3-4-9/h1-2,5-7,9H,3-4H2,(H,20,22). The zero-order valence-electron chi connectivity index (χ0n) is 11.2. The maximum absolute atomic E-state index is 13.4. The summed E-state index contributed by atoms with van der Waals surface area (Å²) in [6.45, 7) is 0. The summed E-state index contributed by atoms with van der Waals surface area (Å²) < 4.78 is 40.8. The number of carbonyl (C=O) groups excluding carboxylic acids is 1. The number of alkyl halides is 3. The summed E-state index contributed by atoms with van der Waals surface area (Å²) in [5, 5.41) is 6.67. The van der Waals surface area contributed by atoms with E-state index in [0.717, 1.165) is 19.0 Å². The average Bonchev–Trinajstić information content (AvgIpc) is 3.13. The molecule has 0 aliphatic heterocycles. The molecule has 1 aromatic heterocycles. The number of hydrogen-bond donors (Lipinski definition) is 1. The number of amides is 1. The second kappa shape index (κ2) is 5.31. The molecule has 0 atom stereocenters. The van der Waals surface area contributed by atoms with Gasteiger partial charge in [0.05, 0.1) is 17.4 Å². The van der Waals surface area contributed by atoms with Crippen LogP contribution in [0, 0.1) is 0 Å². The molecule has 1 heterocycles. The zero-order valence-corrected chi connectivity index (χ0v) is 11.9. The Labute approximate surface area is 128 Å². The van der Waals surface area contributed by atoms with Crippen LogP contribution in [0.2, 0.25) is 5.02 Å². The van der Waals surface area contributed by atoms with Crippen LogP contribution in [0.5, 0.6) is 0 Å². The number of aromatic nitrogens is 2. The molecule has 1 fully saturated rings. The van der Waals surface area contributed by atoms with Gasteiger partial charge in [0, 0.05) is 11.1 Å². The predicted octanol–water partition coefficient (Wildman–Crippen LogP) is 3.44. The van der Waals surface area contributed by atoms with E-state index in [1.165, 1.54) is 24.3 Å². The maximum Gasteiger partial charge on any atom is 0.434 e. The fourth-order valence-corrected chi connectivity index (χ4v) is 2.18. The van der Waals surface area contributed by atoms with Crippen molar-refractivity contribution in [2.45, 2.75) is 25.1 Å². The first-order valence-electron chi connectivity index (χ1n) is 6.58. The molecule has 1 aliphatic carbocycles. The summed E-state index contributed by atoms with van der Waals surface area (Å²) in [6, 6.07) is 5.71. The predicted molar refractivity (Wildman–Crippen MR) is 74.1 cm³/mol. The molecule has 2 aromatic rings. The van der Waals surface area contributed by atoms with Crippen molar-refractivity contribution >= 4 is 17.5 Å². The van der Waals surface area contributed by atoms with E-state index < -0.39 is 23.3 Å². The molecule has 8 heteroatoms. The van der Waals surface area contributed by atoms with Crippen molar-refractivity contribution in [1.82, 2.24) is 15.1 Å². The van der Waals surface area contributed by atoms with Gasteiger partial charge in [0.15, 0.2) is 5.69 Å². The van der Waals surface area contributed by atoms with Gasteiger partial charge in [-0.3, -0.25) is 4.79 Å². The monoisotopic (exact) mass is 329 g/mol. The Hall–Kier alpha value is -2.02. The highest BCUT2D eigenvalue weighted by molar-refractivity contribution is 6.30. The SMILES string of the molecule is O=C(NC1CC1)c1cnn(-c2ccc(Cl)cc2)c1C(F)(F)F. The van der Waals surface area contributed by atoms with Crippen molar-refractivity contribution in [3.63, 3.8) is 0 Å². The van der Waals surface area contributed by atoms with Crippen LogP contribution in [-0.2, 0) is 6.18 Å². The summed E-state index contributed by atoms with van der Waals surface area (Å²) in [5.74, 6) is -0.755. The highest BCUT2D eigenvalue weighted by Crippen LogP contribution is 2.34. The lowest BCUT2D eigenvalue weighted by atomic mass is 10.2. The largest absolute Gasteiger partial charge is 0.434 e. The van der Waals surface area contributed by atoms with Crippen LogP contribution in [-0.4, -0.2) is 21.7 Å².